The van der Waals surface area contributed by atoms with E-state index < -0.39 is 0 Å². The molecule has 2 nitrogen and oxygen atoms in total. The molecule has 1 fully saturated rings. The van der Waals surface area contributed by atoms with Gasteiger partial charge in [0.2, 0.25) is 0 Å². The van der Waals surface area contributed by atoms with E-state index in [1.807, 2.05) is 54.7 Å². The van der Waals surface area contributed by atoms with Crippen molar-refractivity contribution < 1.29 is 9.53 Å². The minimum Gasteiger partial charge on any atom is -0.426 e. The lowest BCUT2D eigenvalue weighted by Crippen LogP contribution is -2.09. The monoisotopic (exact) mass is 386 g/mol. The molecule has 5 heteroatoms. The summed E-state index contributed by atoms with van der Waals surface area (Å²) in [7, 11) is 0. The molecule has 0 aromatic heterocycles. The summed E-state index contributed by atoms with van der Waals surface area (Å²) in [5, 5.41) is 0. The van der Waals surface area contributed by atoms with Crippen molar-refractivity contribution in [1.82, 2.24) is 0 Å². The van der Waals surface area contributed by atoms with Gasteiger partial charge in [0.25, 0.3) is 0 Å². The van der Waals surface area contributed by atoms with Crippen LogP contribution in [0, 0.1) is 0 Å². The molecule has 1 aliphatic heterocycles. The third kappa shape index (κ3) is 5.38. The van der Waals surface area contributed by atoms with Crippen molar-refractivity contribution in [1.29, 1.82) is 0 Å². The van der Waals surface area contributed by atoms with Gasteiger partial charge in [-0.1, -0.05) is 35.0 Å². The van der Waals surface area contributed by atoms with Gasteiger partial charge >= 0.3 is 5.97 Å². The normalized spacial score (nSPS) is 16.3. The van der Waals surface area contributed by atoms with Gasteiger partial charge in [0.1, 0.15) is 5.75 Å². The van der Waals surface area contributed by atoms with E-state index in [1.54, 1.807) is 0 Å². The quantitative estimate of drug-likeness (QED) is 0.374. The highest BCUT2D eigenvalue weighted by molar-refractivity contribution is 9.10. The fraction of sp³-hybridized carbons (Fsp3) is 0.438. The molecule has 1 saturated heterocycles. The average Bonchev–Trinajstić information content (AvgIpc) is 2.50. The lowest BCUT2D eigenvalue weighted by atomic mass is 10.2. The maximum atomic E-state index is 11.9. The molecule has 0 N–H and O–H groups in total. The molecule has 0 amide bonds. The van der Waals surface area contributed by atoms with Crippen molar-refractivity contribution in [2.24, 2.45) is 0 Å². The smallest absolute Gasteiger partial charge is 0.315 e. The lowest BCUT2D eigenvalue weighted by molar-refractivity contribution is -0.133. The summed E-state index contributed by atoms with van der Waals surface area (Å²) in [6.45, 7) is 2.05. The maximum absolute atomic E-state index is 11.9. The van der Waals surface area contributed by atoms with Crippen LogP contribution in [0.5, 0.6) is 5.75 Å². The van der Waals surface area contributed by atoms with Gasteiger partial charge in [-0.15, -0.1) is 23.5 Å². The number of rotatable bonds is 5. The first kappa shape index (κ1) is 17.0. The van der Waals surface area contributed by atoms with E-state index in [1.165, 1.54) is 6.42 Å². The third-order valence-electron chi connectivity index (χ3n) is 2.96. The van der Waals surface area contributed by atoms with Crippen molar-refractivity contribution in [3.63, 3.8) is 0 Å². The standard InChI is InChI=1S/C16H19BrO2S2/c1-2-3-4-6-15(18)19-14-8-7-12(17)11-13(14)16-20-9-5-10-21-16/h3-4,7-8,11,16H,2,5-6,9-10H2,1H3/b4-3+. The minimum atomic E-state index is -0.200. The molecule has 0 spiro atoms. The van der Waals surface area contributed by atoms with E-state index in [0.717, 1.165) is 28.0 Å². The van der Waals surface area contributed by atoms with Gasteiger partial charge in [-0.2, -0.15) is 0 Å². The van der Waals surface area contributed by atoms with Gasteiger partial charge in [0, 0.05) is 10.0 Å². The Bertz CT molecular complexity index is 511. The lowest BCUT2D eigenvalue weighted by Gasteiger charge is -2.23. The van der Waals surface area contributed by atoms with Crippen LogP contribution in [0.15, 0.2) is 34.8 Å². The predicted molar refractivity (Wildman–Crippen MR) is 96.1 cm³/mol. The average molecular weight is 387 g/mol. The van der Waals surface area contributed by atoms with Crippen molar-refractivity contribution in [2.45, 2.75) is 30.8 Å². The summed E-state index contributed by atoms with van der Waals surface area (Å²) in [5.41, 5.74) is 1.10. The van der Waals surface area contributed by atoms with E-state index >= 15 is 0 Å². The molecule has 0 saturated carbocycles. The van der Waals surface area contributed by atoms with Gasteiger partial charge in [-0.3, -0.25) is 4.79 Å². The van der Waals surface area contributed by atoms with Crippen LogP contribution >= 0.6 is 39.5 Å². The Labute approximate surface area is 143 Å². The second-order valence-corrected chi connectivity index (χ2v) is 8.31. The number of allylic oxidation sites excluding steroid dienone is 1. The van der Waals surface area contributed by atoms with Gasteiger partial charge in [-0.25, -0.2) is 0 Å². The number of carbonyl (C=O) groups excluding carboxylic acids is 1. The van der Waals surface area contributed by atoms with Crippen LogP contribution in [0.1, 0.15) is 36.3 Å². The number of thioether (sulfide) groups is 2. The van der Waals surface area contributed by atoms with E-state index in [0.29, 0.717) is 16.8 Å². The summed E-state index contributed by atoms with van der Waals surface area (Å²) >= 11 is 7.36. The molecule has 0 bridgehead atoms. The number of benzene rings is 1. The molecular weight excluding hydrogens is 368 g/mol. The molecule has 1 aromatic carbocycles. The Morgan fingerprint density at radius 2 is 2.14 bits per heavy atom. The zero-order chi connectivity index (χ0) is 15.1. The van der Waals surface area contributed by atoms with Crippen molar-refractivity contribution >= 4 is 45.4 Å². The van der Waals surface area contributed by atoms with Crippen molar-refractivity contribution in [3.8, 4) is 5.75 Å². The fourth-order valence-electron chi connectivity index (χ4n) is 1.97. The fourth-order valence-corrected chi connectivity index (χ4v) is 5.28. The van der Waals surface area contributed by atoms with E-state index in [2.05, 4.69) is 22.0 Å². The first-order chi connectivity index (χ1) is 10.2. The van der Waals surface area contributed by atoms with Gasteiger partial charge in [0.15, 0.2) is 0 Å². The van der Waals surface area contributed by atoms with Gasteiger partial charge in [-0.05, 0) is 42.5 Å². The Morgan fingerprint density at radius 1 is 1.38 bits per heavy atom. The number of hydrogen-bond acceptors (Lipinski definition) is 4. The van der Waals surface area contributed by atoms with Crippen molar-refractivity contribution in [3.05, 3.63) is 40.4 Å². The molecule has 114 valence electrons. The first-order valence-corrected chi connectivity index (χ1v) is 9.98. The van der Waals surface area contributed by atoms with Crippen LogP contribution in [0.3, 0.4) is 0 Å². The zero-order valence-electron chi connectivity index (χ0n) is 12.0. The molecule has 1 heterocycles. The van der Waals surface area contributed by atoms with E-state index in [9.17, 15) is 4.79 Å². The molecule has 1 aliphatic rings. The number of esters is 1. The minimum absolute atomic E-state index is 0.200. The van der Waals surface area contributed by atoms with Crippen LogP contribution < -0.4 is 4.74 Å². The SMILES string of the molecule is CC/C=C/CC(=O)Oc1ccc(Br)cc1C1SCCCS1. The Hall–Kier alpha value is -0.390. The van der Waals surface area contributed by atoms with Gasteiger partial charge < -0.3 is 4.74 Å². The molecule has 0 atom stereocenters. The molecule has 0 aliphatic carbocycles. The Morgan fingerprint density at radius 3 is 2.86 bits per heavy atom. The highest BCUT2D eigenvalue weighted by atomic mass is 79.9. The van der Waals surface area contributed by atoms with Crippen LogP contribution in [-0.2, 0) is 4.79 Å². The second-order valence-electron chi connectivity index (χ2n) is 4.67. The van der Waals surface area contributed by atoms with Crippen LogP contribution in [0.2, 0.25) is 0 Å². The highest BCUT2D eigenvalue weighted by Crippen LogP contribution is 2.47. The summed E-state index contributed by atoms with van der Waals surface area (Å²) in [6, 6.07) is 5.88. The van der Waals surface area contributed by atoms with E-state index in [4.69, 9.17) is 4.74 Å². The molecule has 0 radical (unpaired) electrons. The molecule has 2 rings (SSSR count). The largest absolute Gasteiger partial charge is 0.426 e. The molecular formula is C16H19BrO2S2. The zero-order valence-corrected chi connectivity index (χ0v) is 15.2. The van der Waals surface area contributed by atoms with Crippen LogP contribution in [0.4, 0.5) is 0 Å². The van der Waals surface area contributed by atoms with Gasteiger partial charge in [0.05, 0.1) is 11.0 Å². The first-order valence-electron chi connectivity index (χ1n) is 7.09. The third-order valence-corrected chi connectivity index (χ3v) is 6.44. The number of halogens is 1. The predicted octanol–water partition coefficient (Wildman–Crippen LogP) is 5.58. The summed E-state index contributed by atoms with van der Waals surface area (Å²) in [6.07, 6.45) is 6.36. The van der Waals surface area contributed by atoms with E-state index in [-0.39, 0.29) is 5.97 Å². The second kappa shape index (κ2) is 8.91. The Kier molecular flexibility index (Phi) is 7.20. The molecule has 1 aromatic rings. The summed E-state index contributed by atoms with van der Waals surface area (Å²) in [4.78, 5) is 11.9. The van der Waals surface area contributed by atoms with Crippen LogP contribution in [-0.4, -0.2) is 17.5 Å². The topological polar surface area (TPSA) is 26.3 Å². The Balaban J connectivity index is 2.10. The number of ether oxygens (including phenoxy) is 1. The molecule has 0 unspecified atom stereocenters. The van der Waals surface area contributed by atoms with Crippen molar-refractivity contribution in [2.75, 3.05) is 11.5 Å². The molecule has 21 heavy (non-hydrogen) atoms. The number of hydrogen-bond donors (Lipinski definition) is 0. The number of carbonyl (C=O) groups is 1. The van der Waals surface area contributed by atoms with Crippen LogP contribution in [0.25, 0.3) is 0 Å². The highest BCUT2D eigenvalue weighted by Gasteiger charge is 2.21. The summed E-state index contributed by atoms with van der Waals surface area (Å²) < 4.78 is 6.94. The maximum Gasteiger partial charge on any atom is 0.315 e. The summed E-state index contributed by atoms with van der Waals surface area (Å²) in [5.74, 6) is 2.82.